The number of phenols is 1. The Morgan fingerprint density at radius 3 is 2.15 bits per heavy atom. The summed E-state index contributed by atoms with van der Waals surface area (Å²) in [4.78, 5) is 36.2. The van der Waals surface area contributed by atoms with E-state index in [1.807, 2.05) is 13.8 Å². The summed E-state index contributed by atoms with van der Waals surface area (Å²) in [5.41, 5.74) is 0.727. The Hall–Kier alpha value is -2.45. The Morgan fingerprint density at radius 1 is 1.07 bits per heavy atom. The van der Waals surface area contributed by atoms with Crippen molar-refractivity contribution in [1.29, 1.82) is 0 Å². The highest BCUT2D eigenvalue weighted by Crippen LogP contribution is 2.12. The van der Waals surface area contributed by atoms with Crippen LogP contribution in [0.5, 0.6) is 5.75 Å². The predicted octanol–water partition coefficient (Wildman–Crippen LogP) is -0.270. The largest absolute Gasteiger partial charge is 0.508 e. The molecule has 0 saturated heterocycles. The van der Waals surface area contributed by atoms with Gasteiger partial charge in [-0.05, 0) is 37.1 Å². The van der Waals surface area contributed by atoms with Gasteiger partial charge in [0, 0.05) is 6.42 Å². The number of aliphatic hydroxyl groups excluding tert-OH is 1. The first-order chi connectivity index (χ1) is 12.8. The molecule has 0 spiro atoms. The first kappa shape index (κ1) is 22.6. The molecular formula is C19H29N3O5. The number of amides is 2. The van der Waals surface area contributed by atoms with Crippen LogP contribution in [0.25, 0.3) is 0 Å². The van der Waals surface area contributed by atoms with Crippen molar-refractivity contribution in [3.8, 4) is 5.75 Å². The van der Waals surface area contributed by atoms with Crippen molar-refractivity contribution < 1.29 is 24.6 Å². The molecular weight excluding hydrogens is 350 g/mol. The van der Waals surface area contributed by atoms with Gasteiger partial charge in [0.15, 0.2) is 0 Å². The second-order valence-electron chi connectivity index (χ2n) is 6.84. The van der Waals surface area contributed by atoms with E-state index in [-0.39, 0.29) is 18.1 Å². The Balaban J connectivity index is 2.93. The average Bonchev–Trinajstić information content (AvgIpc) is 2.62. The molecule has 8 nitrogen and oxygen atoms in total. The van der Waals surface area contributed by atoms with Gasteiger partial charge in [0.05, 0.1) is 12.6 Å². The fourth-order valence-electron chi connectivity index (χ4n) is 2.59. The van der Waals surface area contributed by atoms with E-state index in [1.165, 1.54) is 19.2 Å². The summed E-state index contributed by atoms with van der Waals surface area (Å²) in [5, 5.41) is 26.6. The number of hydrogen-bond acceptors (Lipinski definition) is 6. The first-order valence-electron chi connectivity index (χ1n) is 8.92. The lowest BCUT2D eigenvalue weighted by Gasteiger charge is -2.23. The van der Waals surface area contributed by atoms with Crippen molar-refractivity contribution in [2.75, 3.05) is 13.7 Å². The molecule has 0 heterocycles. The molecule has 1 aromatic carbocycles. The van der Waals surface area contributed by atoms with E-state index in [2.05, 4.69) is 16.0 Å². The third kappa shape index (κ3) is 7.76. The first-order valence-corrected chi connectivity index (χ1v) is 8.92. The molecule has 2 amide bonds. The molecule has 0 aromatic heterocycles. The van der Waals surface area contributed by atoms with Crippen molar-refractivity contribution in [1.82, 2.24) is 16.0 Å². The highest BCUT2D eigenvalue weighted by atomic mass is 16.3. The zero-order chi connectivity index (χ0) is 20.4. The van der Waals surface area contributed by atoms with Crippen LogP contribution in [0.2, 0.25) is 0 Å². The van der Waals surface area contributed by atoms with E-state index in [4.69, 9.17) is 0 Å². The normalized spacial score (nSPS) is 14.3. The van der Waals surface area contributed by atoms with Crippen molar-refractivity contribution in [3.63, 3.8) is 0 Å². The van der Waals surface area contributed by atoms with E-state index >= 15 is 0 Å². The number of aliphatic hydroxyl groups is 1. The summed E-state index contributed by atoms with van der Waals surface area (Å²) in [6.07, 6.45) is 1.35. The Labute approximate surface area is 159 Å². The molecule has 0 radical (unpaired) electrons. The third-order valence-electron chi connectivity index (χ3n) is 4.07. The number of benzene rings is 1. The lowest BCUT2D eigenvalue weighted by atomic mass is 10.0. The van der Waals surface area contributed by atoms with Crippen LogP contribution in [0.3, 0.4) is 0 Å². The molecule has 1 rings (SSSR count). The number of phenolic OH excluding ortho intramolecular Hbond substituents is 1. The molecule has 0 unspecified atom stereocenters. The number of likely N-dealkylation sites (N-methyl/N-ethyl adjacent to an activating group) is 1. The minimum atomic E-state index is -0.931. The van der Waals surface area contributed by atoms with Gasteiger partial charge in [-0.1, -0.05) is 26.0 Å². The van der Waals surface area contributed by atoms with E-state index in [9.17, 15) is 24.6 Å². The SMILES string of the molecule is CN[C@@H](CO)C(=O)N[C@@H](Cc1ccc(O)cc1)C(=O)N[C@H](C=O)CC(C)C. The van der Waals surface area contributed by atoms with Gasteiger partial charge in [-0.15, -0.1) is 0 Å². The summed E-state index contributed by atoms with van der Waals surface area (Å²) in [6.45, 7) is 3.47. The number of hydrogen-bond donors (Lipinski definition) is 5. The number of nitrogens with one attached hydrogen (secondary N) is 3. The fourth-order valence-corrected chi connectivity index (χ4v) is 2.59. The topological polar surface area (TPSA) is 128 Å². The molecule has 27 heavy (non-hydrogen) atoms. The molecule has 1 aromatic rings. The van der Waals surface area contributed by atoms with Crippen LogP contribution in [0, 0.1) is 5.92 Å². The minimum absolute atomic E-state index is 0.0947. The molecule has 0 saturated carbocycles. The zero-order valence-corrected chi connectivity index (χ0v) is 15.9. The van der Waals surface area contributed by atoms with Crippen LogP contribution in [-0.4, -0.2) is 60.1 Å². The lowest BCUT2D eigenvalue weighted by Crippen LogP contribution is -2.55. The monoisotopic (exact) mass is 379 g/mol. The van der Waals surface area contributed by atoms with Crippen molar-refractivity contribution in [2.24, 2.45) is 5.92 Å². The van der Waals surface area contributed by atoms with Crippen molar-refractivity contribution >= 4 is 18.1 Å². The molecule has 0 aliphatic carbocycles. The van der Waals surface area contributed by atoms with Crippen LogP contribution in [-0.2, 0) is 20.8 Å². The van der Waals surface area contributed by atoms with Crippen LogP contribution in [0.15, 0.2) is 24.3 Å². The highest BCUT2D eigenvalue weighted by Gasteiger charge is 2.26. The Morgan fingerprint density at radius 2 is 1.67 bits per heavy atom. The van der Waals surface area contributed by atoms with Gasteiger partial charge in [0.2, 0.25) is 11.8 Å². The standard InChI is InChI=1S/C19H29N3O5/c1-12(2)8-14(10-23)21-18(26)16(22-19(27)17(11-24)20-3)9-13-4-6-15(25)7-5-13/h4-7,10,12,14,16-17,20,24-25H,8-9,11H2,1-3H3,(H,21,26)(H,22,27)/t14-,16-,17-/m0/s1. The molecule has 150 valence electrons. The average molecular weight is 379 g/mol. The van der Waals surface area contributed by atoms with Gasteiger partial charge >= 0.3 is 0 Å². The zero-order valence-electron chi connectivity index (χ0n) is 15.9. The Kier molecular flexibility index (Phi) is 9.46. The summed E-state index contributed by atoms with van der Waals surface area (Å²) >= 11 is 0. The van der Waals surface area contributed by atoms with Gasteiger partial charge in [0.25, 0.3) is 0 Å². The number of aromatic hydroxyl groups is 1. The smallest absolute Gasteiger partial charge is 0.243 e. The van der Waals surface area contributed by atoms with E-state index in [1.54, 1.807) is 12.1 Å². The van der Waals surface area contributed by atoms with E-state index in [0.29, 0.717) is 12.7 Å². The van der Waals surface area contributed by atoms with Crippen LogP contribution >= 0.6 is 0 Å². The van der Waals surface area contributed by atoms with Crippen molar-refractivity contribution in [3.05, 3.63) is 29.8 Å². The minimum Gasteiger partial charge on any atom is -0.508 e. The fraction of sp³-hybridized carbons (Fsp3) is 0.526. The molecule has 0 fully saturated rings. The maximum atomic E-state index is 12.7. The van der Waals surface area contributed by atoms with Gasteiger partial charge in [-0.2, -0.15) is 0 Å². The summed E-state index contributed by atoms with van der Waals surface area (Å²) in [7, 11) is 1.53. The number of carbonyl (C=O) groups excluding carboxylic acids is 3. The summed E-state index contributed by atoms with van der Waals surface area (Å²) in [6, 6.07) is 3.85. The van der Waals surface area contributed by atoms with Crippen LogP contribution < -0.4 is 16.0 Å². The molecule has 5 N–H and O–H groups in total. The quantitative estimate of drug-likeness (QED) is 0.337. The van der Waals surface area contributed by atoms with E-state index < -0.39 is 36.5 Å². The molecule has 3 atom stereocenters. The van der Waals surface area contributed by atoms with Gasteiger partial charge in [-0.3, -0.25) is 9.59 Å². The van der Waals surface area contributed by atoms with Crippen LogP contribution in [0.4, 0.5) is 0 Å². The predicted molar refractivity (Wildman–Crippen MR) is 101 cm³/mol. The second kappa shape index (κ2) is 11.3. The highest BCUT2D eigenvalue weighted by molar-refractivity contribution is 5.91. The van der Waals surface area contributed by atoms with Crippen LogP contribution in [0.1, 0.15) is 25.8 Å². The maximum Gasteiger partial charge on any atom is 0.243 e. The molecule has 0 bridgehead atoms. The van der Waals surface area contributed by atoms with Gasteiger partial charge in [-0.25, -0.2) is 0 Å². The second-order valence-corrected chi connectivity index (χ2v) is 6.84. The van der Waals surface area contributed by atoms with E-state index in [0.717, 1.165) is 5.56 Å². The lowest BCUT2D eigenvalue weighted by molar-refractivity contribution is -0.131. The summed E-state index contributed by atoms with van der Waals surface area (Å²) in [5.74, 6) is -0.696. The van der Waals surface area contributed by atoms with Crippen molar-refractivity contribution in [2.45, 2.75) is 44.8 Å². The number of aldehydes is 1. The molecule has 8 heteroatoms. The Bertz CT molecular complexity index is 614. The van der Waals surface area contributed by atoms with Gasteiger partial charge in [0.1, 0.15) is 24.1 Å². The van der Waals surface area contributed by atoms with Gasteiger partial charge < -0.3 is 31.0 Å². The third-order valence-corrected chi connectivity index (χ3v) is 4.07. The summed E-state index contributed by atoms with van der Waals surface area (Å²) < 4.78 is 0. The maximum absolute atomic E-state index is 12.7. The number of rotatable bonds is 11. The molecule has 0 aliphatic rings. The number of carbonyl (C=O) groups is 3. The molecule has 0 aliphatic heterocycles.